The van der Waals surface area contributed by atoms with Crippen molar-refractivity contribution >= 4 is 11.8 Å². The highest BCUT2D eigenvalue weighted by Crippen LogP contribution is 2.07. The minimum Gasteiger partial charge on any atom is -0.350 e. The molecule has 3 aromatic rings. The lowest BCUT2D eigenvalue weighted by Gasteiger charge is -2.19. The number of nitriles is 1. The zero-order chi connectivity index (χ0) is 20.5. The maximum atomic E-state index is 12.8. The molecule has 144 valence electrons. The summed E-state index contributed by atoms with van der Waals surface area (Å²) in [7, 11) is 0. The Hall–Kier alpha value is -3.91. The Kier molecular flexibility index (Phi) is 6.75. The molecule has 3 aromatic carbocycles. The summed E-state index contributed by atoms with van der Waals surface area (Å²) in [5.41, 5.74) is 2.91. The molecule has 0 aliphatic heterocycles. The Morgan fingerprint density at radius 1 is 0.828 bits per heavy atom. The van der Waals surface area contributed by atoms with Gasteiger partial charge in [-0.3, -0.25) is 9.59 Å². The fourth-order valence-corrected chi connectivity index (χ4v) is 2.90. The summed E-state index contributed by atoms with van der Waals surface area (Å²) in [5, 5.41) is 14.6. The van der Waals surface area contributed by atoms with Gasteiger partial charge in [0.1, 0.15) is 6.04 Å². The Bertz CT molecular complexity index is 994. The van der Waals surface area contributed by atoms with Crippen molar-refractivity contribution in [1.82, 2.24) is 10.6 Å². The Morgan fingerprint density at radius 3 is 2.07 bits per heavy atom. The Labute approximate surface area is 170 Å². The standard InChI is InChI=1S/C24H21N3O2/c25-16-19-11-13-20(14-12-19)17-26-24(29)22(15-18-7-3-1-4-8-18)27-23(28)21-9-5-2-6-10-21/h1-14,22H,15,17H2,(H,26,29)(H,27,28). The topological polar surface area (TPSA) is 82.0 Å². The highest BCUT2D eigenvalue weighted by Gasteiger charge is 2.21. The van der Waals surface area contributed by atoms with Crippen LogP contribution in [0.2, 0.25) is 0 Å². The van der Waals surface area contributed by atoms with Crippen molar-refractivity contribution in [2.24, 2.45) is 0 Å². The van der Waals surface area contributed by atoms with Gasteiger partial charge in [-0.15, -0.1) is 0 Å². The SMILES string of the molecule is N#Cc1ccc(CNC(=O)C(Cc2ccccc2)NC(=O)c2ccccc2)cc1. The normalized spacial score (nSPS) is 11.1. The highest BCUT2D eigenvalue weighted by molar-refractivity contribution is 5.97. The number of amides is 2. The minimum absolute atomic E-state index is 0.262. The molecule has 29 heavy (non-hydrogen) atoms. The van der Waals surface area contributed by atoms with Gasteiger partial charge < -0.3 is 10.6 Å². The predicted octanol–water partition coefficient (Wildman–Crippen LogP) is 3.22. The van der Waals surface area contributed by atoms with Gasteiger partial charge in [0.15, 0.2) is 0 Å². The highest BCUT2D eigenvalue weighted by atomic mass is 16.2. The van der Waals surface area contributed by atoms with E-state index in [1.807, 2.05) is 36.4 Å². The van der Waals surface area contributed by atoms with Crippen LogP contribution in [0.5, 0.6) is 0 Å². The first-order chi connectivity index (χ1) is 14.2. The smallest absolute Gasteiger partial charge is 0.251 e. The van der Waals surface area contributed by atoms with Crippen LogP contribution in [-0.4, -0.2) is 17.9 Å². The molecule has 2 N–H and O–H groups in total. The van der Waals surface area contributed by atoms with Crippen LogP contribution < -0.4 is 10.6 Å². The lowest BCUT2D eigenvalue weighted by molar-refractivity contribution is -0.123. The number of hydrogen-bond acceptors (Lipinski definition) is 3. The van der Waals surface area contributed by atoms with Crippen molar-refractivity contribution in [3.63, 3.8) is 0 Å². The zero-order valence-electron chi connectivity index (χ0n) is 15.8. The summed E-state index contributed by atoms with van der Waals surface area (Å²) >= 11 is 0. The molecule has 0 spiro atoms. The molecular formula is C24H21N3O2. The molecule has 0 aliphatic carbocycles. The van der Waals surface area contributed by atoms with E-state index in [2.05, 4.69) is 16.7 Å². The number of rotatable bonds is 7. The van der Waals surface area contributed by atoms with E-state index in [4.69, 9.17) is 5.26 Å². The van der Waals surface area contributed by atoms with Crippen LogP contribution in [0.4, 0.5) is 0 Å². The van der Waals surface area contributed by atoms with Crippen LogP contribution in [0.3, 0.4) is 0 Å². The van der Waals surface area contributed by atoms with E-state index in [1.54, 1.807) is 48.5 Å². The summed E-state index contributed by atoms with van der Waals surface area (Å²) in [4.78, 5) is 25.4. The quantitative estimate of drug-likeness (QED) is 0.657. The number of nitrogens with one attached hydrogen (secondary N) is 2. The van der Waals surface area contributed by atoms with Crippen LogP contribution in [0.25, 0.3) is 0 Å². The van der Waals surface area contributed by atoms with Gasteiger partial charge in [0, 0.05) is 18.5 Å². The van der Waals surface area contributed by atoms with Crippen molar-refractivity contribution < 1.29 is 9.59 Å². The molecule has 0 fully saturated rings. The lowest BCUT2D eigenvalue weighted by Crippen LogP contribution is -2.47. The summed E-state index contributed by atoms with van der Waals surface area (Å²) in [6, 6.07) is 26.8. The summed E-state index contributed by atoms with van der Waals surface area (Å²) in [6.07, 6.45) is 0.388. The van der Waals surface area contributed by atoms with E-state index in [9.17, 15) is 9.59 Å². The predicted molar refractivity (Wildman–Crippen MR) is 111 cm³/mol. The molecular weight excluding hydrogens is 362 g/mol. The van der Waals surface area contributed by atoms with Gasteiger partial charge in [0.05, 0.1) is 11.6 Å². The molecule has 1 atom stereocenters. The summed E-state index contributed by atoms with van der Waals surface area (Å²) in [5.74, 6) is -0.553. The fourth-order valence-electron chi connectivity index (χ4n) is 2.90. The molecule has 0 aliphatic rings. The number of carbonyl (C=O) groups is 2. The molecule has 2 amide bonds. The first-order valence-corrected chi connectivity index (χ1v) is 9.32. The maximum absolute atomic E-state index is 12.8. The Balaban J connectivity index is 1.69. The van der Waals surface area contributed by atoms with Gasteiger partial charge in [-0.25, -0.2) is 0 Å². The van der Waals surface area contributed by atoms with Crippen LogP contribution in [-0.2, 0) is 17.8 Å². The van der Waals surface area contributed by atoms with Crippen molar-refractivity contribution in [3.05, 3.63) is 107 Å². The molecule has 5 nitrogen and oxygen atoms in total. The van der Waals surface area contributed by atoms with Crippen LogP contribution in [0, 0.1) is 11.3 Å². The van der Waals surface area contributed by atoms with Crippen molar-refractivity contribution in [3.8, 4) is 6.07 Å². The van der Waals surface area contributed by atoms with E-state index in [1.165, 1.54) is 0 Å². The summed E-state index contributed by atoms with van der Waals surface area (Å²) in [6.45, 7) is 0.317. The largest absolute Gasteiger partial charge is 0.350 e. The number of nitrogens with zero attached hydrogens (tertiary/aromatic N) is 1. The zero-order valence-corrected chi connectivity index (χ0v) is 15.8. The number of carbonyl (C=O) groups excluding carboxylic acids is 2. The van der Waals surface area contributed by atoms with E-state index in [0.717, 1.165) is 11.1 Å². The molecule has 1 unspecified atom stereocenters. The van der Waals surface area contributed by atoms with Gasteiger partial charge >= 0.3 is 0 Å². The lowest BCUT2D eigenvalue weighted by atomic mass is 10.0. The van der Waals surface area contributed by atoms with E-state index in [0.29, 0.717) is 24.1 Å². The van der Waals surface area contributed by atoms with Gasteiger partial charge in [-0.2, -0.15) is 5.26 Å². The second-order valence-electron chi connectivity index (χ2n) is 6.61. The minimum atomic E-state index is -0.705. The third kappa shape index (κ3) is 5.78. The van der Waals surface area contributed by atoms with Gasteiger partial charge in [0.2, 0.25) is 5.91 Å². The maximum Gasteiger partial charge on any atom is 0.251 e. The molecule has 0 radical (unpaired) electrons. The number of hydrogen-bond donors (Lipinski definition) is 2. The molecule has 5 heteroatoms. The fraction of sp³-hybridized carbons (Fsp3) is 0.125. The Morgan fingerprint density at radius 2 is 1.45 bits per heavy atom. The van der Waals surface area contributed by atoms with Crippen molar-refractivity contribution in [2.75, 3.05) is 0 Å². The second kappa shape index (κ2) is 9.86. The van der Waals surface area contributed by atoms with E-state index >= 15 is 0 Å². The van der Waals surface area contributed by atoms with Crippen LogP contribution >= 0.6 is 0 Å². The third-order valence-corrected chi connectivity index (χ3v) is 4.49. The van der Waals surface area contributed by atoms with Gasteiger partial charge in [-0.05, 0) is 35.4 Å². The van der Waals surface area contributed by atoms with Gasteiger partial charge in [-0.1, -0.05) is 60.7 Å². The van der Waals surface area contributed by atoms with E-state index in [-0.39, 0.29) is 11.8 Å². The molecule has 0 aromatic heterocycles. The summed E-state index contributed by atoms with van der Waals surface area (Å²) < 4.78 is 0. The average Bonchev–Trinajstić information content (AvgIpc) is 2.78. The van der Waals surface area contributed by atoms with Crippen molar-refractivity contribution in [2.45, 2.75) is 19.0 Å². The van der Waals surface area contributed by atoms with Crippen LogP contribution in [0.1, 0.15) is 27.0 Å². The first kappa shape index (κ1) is 19.8. The van der Waals surface area contributed by atoms with Crippen LogP contribution in [0.15, 0.2) is 84.9 Å². The van der Waals surface area contributed by atoms with Gasteiger partial charge in [0.25, 0.3) is 5.91 Å². The molecule has 0 bridgehead atoms. The molecule has 0 saturated carbocycles. The van der Waals surface area contributed by atoms with E-state index < -0.39 is 6.04 Å². The second-order valence-corrected chi connectivity index (χ2v) is 6.61. The molecule has 0 saturated heterocycles. The average molecular weight is 383 g/mol. The third-order valence-electron chi connectivity index (χ3n) is 4.49. The first-order valence-electron chi connectivity index (χ1n) is 9.32. The van der Waals surface area contributed by atoms with Crippen molar-refractivity contribution in [1.29, 1.82) is 5.26 Å². The molecule has 0 heterocycles. The number of benzene rings is 3. The monoisotopic (exact) mass is 383 g/mol. The molecule has 3 rings (SSSR count).